The van der Waals surface area contributed by atoms with Gasteiger partial charge in [0.05, 0.1) is 13.1 Å². The molecule has 1 aliphatic rings. The lowest BCUT2D eigenvalue weighted by molar-refractivity contribution is -0.918. The summed E-state index contributed by atoms with van der Waals surface area (Å²) in [6.45, 7) is 4.09. The summed E-state index contributed by atoms with van der Waals surface area (Å²) in [6.07, 6.45) is 3.67. The van der Waals surface area contributed by atoms with Gasteiger partial charge in [0.1, 0.15) is 5.82 Å². The highest BCUT2D eigenvalue weighted by molar-refractivity contribution is 5.93. The Morgan fingerprint density at radius 2 is 1.83 bits per heavy atom. The van der Waals surface area contributed by atoms with E-state index in [1.165, 1.54) is 36.3 Å². The summed E-state index contributed by atoms with van der Waals surface area (Å²) in [6, 6.07) is 5.84. The van der Waals surface area contributed by atoms with E-state index in [0.29, 0.717) is 5.69 Å². The molecule has 2 rings (SSSR count). The van der Waals surface area contributed by atoms with Crippen LogP contribution >= 0.6 is 0 Å². The van der Waals surface area contributed by atoms with Gasteiger partial charge in [-0.25, -0.2) is 4.39 Å². The molecule has 0 spiro atoms. The molecular formula is C14H20FN2O+. The lowest BCUT2D eigenvalue weighted by Crippen LogP contribution is -3.17. The molecule has 4 heteroatoms. The molecule has 0 unspecified atom stereocenters. The molecule has 1 aromatic carbocycles. The zero-order chi connectivity index (χ0) is 13.0. The lowest BCUT2D eigenvalue weighted by Gasteiger charge is -2.28. The number of carbonyl (C=O) groups excluding carboxylic acids is 1. The second-order valence-electron chi connectivity index (χ2n) is 4.94. The van der Waals surface area contributed by atoms with Gasteiger partial charge in [0.15, 0.2) is 6.04 Å². The zero-order valence-corrected chi connectivity index (χ0v) is 10.7. The van der Waals surface area contributed by atoms with Crippen LogP contribution in [0.25, 0.3) is 0 Å². The monoisotopic (exact) mass is 251 g/mol. The van der Waals surface area contributed by atoms with Crippen molar-refractivity contribution in [2.45, 2.75) is 32.2 Å². The molecular weight excluding hydrogens is 231 g/mol. The molecule has 1 aromatic rings. The fourth-order valence-electron chi connectivity index (χ4n) is 2.41. The Kier molecular flexibility index (Phi) is 4.31. The van der Waals surface area contributed by atoms with Gasteiger partial charge in [-0.1, -0.05) is 0 Å². The van der Waals surface area contributed by atoms with Crippen molar-refractivity contribution in [2.24, 2.45) is 0 Å². The molecule has 3 nitrogen and oxygen atoms in total. The molecule has 1 atom stereocenters. The van der Waals surface area contributed by atoms with Gasteiger partial charge >= 0.3 is 0 Å². The maximum Gasteiger partial charge on any atom is 0.282 e. The highest BCUT2D eigenvalue weighted by Crippen LogP contribution is 2.08. The maximum atomic E-state index is 12.8. The van der Waals surface area contributed by atoms with Crippen molar-refractivity contribution < 1.29 is 14.1 Å². The molecule has 1 amide bonds. The van der Waals surface area contributed by atoms with E-state index < -0.39 is 0 Å². The molecule has 18 heavy (non-hydrogen) atoms. The number of hydrogen-bond acceptors (Lipinski definition) is 1. The minimum atomic E-state index is -0.289. The highest BCUT2D eigenvalue weighted by atomic mass is 19.1. The van der Waals surface area contributed by atoms with E-state index in [4.69, 9.17) is 0 Å². The summed E-state index contributed by atoms with van der Waals surface area (Å²) in [5.74, 6) is -0.277. The van der Waals surface area contributed by atoms with E-state index in [9.17, 15) is 9.18 Å². The molecule has 0 aliphatic carbocycles. The number of likely N-dealkylation sites (tertiary alicyclic amines) is 1. The van der Waals surface area contributed by atoms with Gasteiger partial charge < -0.3 is 10.2 Å². The van der Waals surface area contributed by atoms with Gasteiger partial charge in [-0.05, 0) is 50.5 Å². The van der Waals surface area contributed by atoms with Crippen molar-refractivity contribution in [3.05, 3.63) is 30.1 Å². The minimum absolute atomic E-state index is 0.0125. The quantitative estimate of drug-likeness (QED) is 0.832. The van der Waals surface area contributed by atoms with E-state index in [-0.39, 0.29) is 17.8 Å². The Morgan fingerprint density at radius 1 is 1.22 bits per heavy atom. The van der Waals surface area contributed by atoms with Gasteiger partial charge in [-0.15, -0.1) is 0 Å². The van der Waals surface area contributed by atoms with Crippen molar-refractivity contribution >= 4 is 11.6 Å². The van der Waals surface area contributed by atoms with E-state index in [2.05, 4.69) is 5.32 Å². The third-order valence-corrected chi connectivity index (χ3v) is 3.61. The molecule has 1 heterocycles. The molecule has 1 fully saturated rings. The van der Waals surface area contributed by atoms with Crippen molar-refractivity contribution in [1.82, 2.24) is 0 Å². The summed E-state index contributed by atoms with van der Waals surface area (Å²) >= 11 is 0. The highest BCUT2D eigenvalue weighted by Gasteiger charge is 2.26. The van der Waals surface area contributed by atoms with Crippen LogP contribution in [-0.4, -0.2) is 25.0 Å². The molecule has 0 radical (unpaired) electrons. The van der Waals surface area contributed by atoms with Crippen LogP contribution in [0.3, 0.4) is 0 Å². The average molecular weight is 251 g/mol. The Bertz CT molecular complexity index is 399. The standard InChI is InChI=1S/C14H19FN2O/c1-11(17-9-3-2-4-10-17)14(18)16-13-7-5-12(15)6-8-13/h5-8,11H,2-4,9-10H2,1H3,(H,16,18)/p+1/t11-/m0/s1. The van der Waals surface area contributed by atoms with Crippen LogP contribution < -0.4 is 10.2 Å². The lowest BCUT2D eigenvalue weighted by atomic mass is 10.1. The Hall–Kier alpha value is -1.42. The molecule has 1 saturated heterocycles. The number of carbonyl (C=O) groups is 1. The molecule has 0 aromatic heterocycles. The summed E-state index contributed by atoms with van der Waals surface area (Å²) in [5.41, 5.74) is 0.657. The van der Waals surface area contributed by atoms with E-state index >= 15 is 0 Å². The smallest absolute Gasteiger partial charge is 0.282 e. The van der Waals surface area contributed by atoms with E-state index in [0.717, 1.165) is 13.1 Å². The third-order valence-electron chi connectivity index (χ3n) is 3.61. The molecule has 0 bridgehead atoms. The largest absolute Gasteiger partial charge is 0.325 e. The van der Waals surface area contributed by atoms with Crippen LogP contribution in [0.4, 0.5) is 10.1 Å². The fourth-order valence-corrected chi connectivity index (χ4v) is 2.41. The number of benzene rings is 1. The molecule has 1 aliphatic heterocycles. The van der Waals surface area contributed by atoms with Crippen LogP contribution in [0, 0.1) is 5.82 Å². The Balaban J connectivity index is 1.92. The second-order valence-corrected chi connectivity index (χ2v) is 4.94. The average Bonchev–Trinajstić information content (AvgIpc) is 2.41. The first-order chi connectivity index (χ1) is 8.66. The van der Waals surface area contributed by atoms with Gasteiger partial charge in [-0.2, -0.15) is 0 Å². The van der Waals surface area contributed by atoms with E-state index in [1.54, 1.807) is 12.1 Å². The molecule has 2 N–H and O–H groups in total. The number of halogens is 1. The van der Waals surface area contributed by atoms with Gasteiger partial charge in [0.2, 0.25) is 0 Å². The number of anilines is 1. The van der Waals surface area contributed by atoms with Gasteiger partial charge in [-0.3, -0.25) is 4.79 Å². The first kappa shape index (κ1) is 13.0. The van der Waals surface area contributed by atoms with Crippen LogP contribution in [0.1, 0.15) is 26.2 Å². The van der Waals surface area contributed by atoms with E-state index in [1.807, 2.05) is 6.92 Å². The second kappa shape index (κ2) is 5.96. The van der Waals surface area contributed by atoms with Crippen molar-refractivity contribution in [3.8, 4) is 0 Å². The van der Waals surface area contributed by atoms with Crippen LogP contribution in [-0.2, 0) is 4.79 Å². The first-order valence-corrected chi connectivity index (χ1v) is 6.58. The minimum Gasteiger partial charge on any atom is -0.325 e. The zero-order valence-electron chi connectivity index (χ0n) is 10.7. The number of amides is 1. The van der Waals surface area contributed by atoms with Crippen LogP contribution in [0.5, 0.6) is 0 Å². The predicted octanol–water partition coefficient (Wildman–Crippen LogP) is 1.22. The normalized spacial score (nSPS) is 18.3. The third kappa shape index (κ3) is 3.29. The summed E-state index contributed by atoms with van der Waals surface area (Å²) in [5, 5.41) is 2.84. The predicted molar refractivity (Wildman–Crippen MR) is 69.0 cm³/mol. The summed E-state index contributed by atoms with van der Waals surface area (Å²) in [7, 11) is 0. The topological polar surface area (TPSA) is 33.5 Å². The number of quaternary nitrogens is 1. The van der Waals surface area contributed by atoms with Crippen molar-refractivity contribution in [3.63, 3.8) is 0 Å². The number of piperidine rings is 1. The maximum absolute atomic E-state index is 12.8. The molecule has 0 saturated carbocycles. The van der Waals surface area contributed by atoms with Gasteiger partial charge in [0, 0.05) is 5.69 Å². The van der Waals surface area contributed by atoms with Crippen molar-refractivity contribution in [2.75, 3.05) is 18.4 Å². The van der Waals surface area contributed by atoms with Crippen LogP contribution in [0.15, 0.2) is 24.3 Å². The Labute approximate surface area is 107 Å². The number of rotatable bonds is 3. The first-order valence-electron chi connectivity index (χ1n) is 6.58. The number of nitrogens with one attached hydrogen (secondary N) is 2. The van der Waals surface area contributed by atoms with Crippen LogP contribution in [0.2, 0.25) is 0 Å². The number of hydrogen-bond donors (Lipinski definition) is 2. The fraction of sp³-hybridized carbons (Fsp3) is 0.500. The van der Waals surface area contributed by atoms with Crippen molar-refractivity contribution in [1.29, 1.82) is 0 Å². The molecule has 98 valence electrons. The van der Waals surface area contributed by atoms with Gasteiger partial charge in [0.25, 0.3) is 5.91 Å². The summed E-state index contributed by atoms with van der Waals surface area (Å²) in [4.78, 5) is 13.4. The Morgan fingerprint density at radius 3 is 2.44 bits per heavy atom. The SMILES string of the molecule is C[C@@H](C(=O)Nc1ccc(F)cc1)[NH+]1CCCCC1. The summed E-state index contributed by atoms with van der Waals surface area (Å²) < 4.78 is 12.8.